The Labute approximate surface area is 136 Å². The number of amides is 1. The van der Waals surface area contributed by atoms with Crippen molar-refractivity contribution in [3.63, 3.8) is 0 Å². The second kappa shape index (κ2) is 4.87. The average Bonchev–Trinajstić information content (AvgIpc) is 2.68. The van der Waals surface area contributed by atoms with Gasteiger partial charge in [-0.05, 0) is 48.9 Å². The van der Waals surface area contributed by atoms with Crippen LogP contribution in [0.25, 0.3) is 0 Å². The summed E-state index contributed by atoms with van der Waals surface area (Å²) in [5.74, 6) is 1.33. The van der Waals surface area contributed by atoms with Crippen LogP contribution in [0.3, 0.4) is 0 Å². The average molecular weight is 317 g/mol. The van der Waals surface area contributed by atoms with Crippen molar-refractivity contribution in [1.29, 1.82) is 0 Å². The standard InChI is InChI=1S/C18H23NO4/c1-22-14-9-12-5-8-19-16(20)18(21)7-4-3-6-17(19,11-18)13(12)10-15(14)23-2/h9-10,21H,3-8,11H2,1-2H3/t17-,18?/m0/s1. The van der Waals surface area contributed by atoms with Crippen LogP contribution in [0.15, 0.2) is 12.1 Å². The molecule has 1 amide bonds. The lowest BCUT2D eigenvalue weighted by molar-refractivity contribution is -0.146. The molecule has 23 heavy (non-hydrogen) atoms. The van der Waals surface area contributed by atoms with E-state index < -0.39 is 5.60 Å². The van der Waals surface area contributed by atoms with E-state index in [2.05, 4.69) is 0 Å². The molecule has 0 aromatic heterocycles. The molecule has 1 aromatic rings. The Bertz CT molecular complexity index is 673. The molecule has 1 aliphatic carbocycles. The van der Waals surface area contributed by atoms with Gasteiger partial charge in [0, 0.05) is 13.0 Å². The first-order valence-corrected chi connectivity index (χ1v) is 8.34. The molecule has 5 heteroatoms. The molecule has 2 atom stereocenters. The Balaban J connectivity index is 1.91. The largest absolute Gasteiger partial charge is 0.493 e. The number of rotatable bonds is 2. The van der Waals surface area contributed by atoms with Crippen LogP contribution in [-0.4, -0.2) is 42.3 Å². The van der Waals surface area contributed by atoms with Gasteiger partial charge in [0.05, 0.1) is 19.8 Å². The van der Waals surface area contributed by atoms with Crippen molar-refractivity contribution in [2.45, 2.75) is 49.7 Å². The summed E-state index contributed by atoms with van der Waals surface area (Å²) in [4.78, 5) is 14.7. The van der Waals surface area contributed by atoms with Gasteiger partial charge in [-0.1, -0.05) is 6.42 Å². The van der Waals surface area contributed by atoms with Gasteiger partial charge in [0.2, 0.25) is 0 Å². The van der Waals surface area contributed by atoms with E-state index in [0.29, 0.717) is 25.1 Å². The summed E-state index contributed by atoms with van der Waals surface area (Å²) in [5, 5.41) is 10.9. The summed E-state index contributed by atoms with van der Waals surface area (Å²) in [6.07, 6.45) is 4.71. The molecule has 2 bridgehead atoms. The smallest absolute Gasteiger partial charge is 0.255 e. The maximum Gasteiger partial charge on any atom is 0.255 e. The minimum absolute atomic E-state index is 0.0855. The van der Waals surface area contributed by atoms with Crippen LogP contribution in [0.5, 0.6) is 11.5 Å². The highest BCUT2D eigenvalue weighted by atomic mass is 16.5. The summed E-state index contributed by atoms with van der Waals surface area (Å²) in [7, 11) is 3.27. The van der Waals surface area contributed by atoms with Gasteiger partial charge in [-0.3, -0.25) is 4.79 Å². The van der Waals surface area contributed by atoms with Gasteiger partial charge in [-0.15, -0.1) is 0 Å². The molecule has 1 saturated heterocycles. The van der Waals surface area contributed by atoms with Crippen molar-refractivity contribution in [1.82, 2.24) is 4.90 Å². The van der Waals surface area contributed by atoms with Crippen LogP contribution < -0.4 is 9.47 Å². The summed E-state index contributed by atoms with van der Waals surface area (Å²) >= 11 is 0. The first-order chi connectivity index (χ1) is 11.0. The van der Waals surface area contributed by atoms with Crippen molar-refractivity contribution in [3.8, 4) is 11.5 Å². The van der Waals surface area contributed by atoms with Crippen LogP contribution in [-0.2, 0) is 16.8 Å². The second-order valence-electron chi connectivity index (χ2n) is 7.02. The number of benzene rings is 1. The molecule has 2 fully saturated rings. The number of methoxy groups -OCH3 is 2. The molecule has 5 nitrogen and oxygen atoms in total. The Kier molecular flexibility index (Phi) is 3.14. The number of fused-ring (bicyclic) bond motifs is 2. The first kappa shape index (κ1) is 14.8. The van der Waals surface area contributed by atoms with Crippen molar-refractivity contribution in [2.24, 2.45) is 0 Å². The lowest BCUT2D eigenvalue weighted by atomic mass is 9.76. The molecule has 1 N–H and O–H groups in total. The zero-order valence-electron chi connectivity index (χ0n) is 13.7. The fourth-order valence-electron chi connectivity index (χ4n) is 4.84. The minimum atomic E-state index is -1.19. The van der Waals surface area contributed by atoms with E-state index in [1.807, 2.05) is 17.0 Å². The highest BCUT2D eigenvalue weighted by Gasteiger charge is 2.61. The fourth-order valence-corrected chi connectivity index (χ4v) is 4.84. The molecule has 124 valence electrons. The maximum absolute atomic E-state index is 12.8. The Morgan fingerprint density at radius 3 is 2.57 bits per heavy atom. The summed E-state index contributed by atoms with van der Waals surface area (Å²) in [6, 6.07) is 4.05. The molecule has 3 aliphatic rings. The Morgan fingerprint density at radius 1 is 1.13 bits per heavy atom. The van der Waals surface area contributed by atoms with E-state index >= 15 is 0 Å². The first-order valence-electron chi connectivity index (χ1n) is 8.34. The number of carbonyl (C=O) groups excluding carboxylic acids is 1. The topological polar surface area (TPSA) is 59.0 Å². The highest BCUT2D eigenvalue weighted by Crippen LogP contribution is 2.55. The number of hydrogen-bond donors (Lipinski definition) is 1. The summed E-state index contributed by atoms with van der Waals surface area (Å²) < 4.78 is 10.9. The zero-order chi connectivity index (χ0) is 16.2. The lowest BCUT2D eigenvalue weighted by Gasteiger charge is -2.44. The SMILES string of the molecule is COc1cc2c(cc1OC)[C@]13CCCCC(O)(C1)C(=O)N3CC2. The highest BCUT2D eigenvalue weighted by molar-refractivity contribution is 5.89. The van der Waals surface area contributed by atoms with Crippen molar-refractivity contribution >= 4 is 5.91 Å². The van der Waals surface area contributed by atoms with Gasteiger partial charge in [-0.25, -0.2) is 0 Å². The molecule has 2 heterocycles. The molecule has 0 radical (unpaired) electrons. The minimum Gasteiger partial charge on any atom is -0.493 e. The molecule has 1 aromatic carbocycles. The van der Waals surface area contributed by atoms with Gasteiger partial charge in [0.25, 0.3) is 5.91 Å². The molecule has 1 saturated carbocycles. The Morgan fingerprint density at radius 2 is 1.83 bits per heavy atom. The molecular weight excluding hydrogens is 294 g/mol. The second-order valence-corrected chi connectivity index (χ2v) is 7.02. The van der Waals surface area contributed by atoms with E-state index in [1.165, 1.54) is 5.56 Å². The van der Waals surface area contributed by atoms with Crippen LogP contribution in [0, 0.1) is 0 Å². The third-order valence-corrected chi connectivity index (χ3v) is 5.89. The molecule has 1 spiro atoms. The number of aliphatic hydroxyl groups is 1. The van der Waals surface area contributed by atoms with Gasteiger partial charge in [0.15, 0.2) is 11.5 Å². The lowest BCUT2D eigenvalue weighted by Crippen LogP contribution is -2.49. The van der Waals surface area contributed by atoms with Crippen LogP contribution in [0.1, 0.15) is 43.2 Å². The van der Waals surface area contributed by atoms with Crippen molar-refractivity contribution < 1.29 is 19.4 Å². The van der Waals surface area contributed by atoms with E-state index in [1.54, 1.807) is 14.2 Å². The van der Waals surface area contributed by atoms with Gasteiger partial charge in [0.1, 0.15) is 5.60 Å². The number of ether oxygens (including phenoxy) is 2. The number of nitrogens with zero attached hydrogens (tertiary/aromatic N) is 1. The summed E-state index contributed by atoms with van der Waals surface area (Å²) in [5.41, 5.74) is 0.770. The van der Waals surface area contributed by atoms with Crippen LogP contribution >= 0.6 is 0 Å². The van der Waals surface area contributed by atoms with E-state index in [4.69, 9.17) is 9.47 Å². The van der Waals surface area contributed by atoms with Crippen LogP contribution in [0.2, 0.25) is 0 Å². The van der Waals surface area contributed by atoms with E-state index in [-0.39, 0.29) is 11.4 Å². The third kappa shape index (κ3) is 1.86. The number of carbonyl (C=O) groups is 1. The van der Waals surface area contributed by atoms with Crippen molar-refractivity contribution in [2.75, 3.05) is 20.8 Å². The fraction of sp³-hybridized carbons (Fsp3) is 0.611. The molecule has 1 unspecified atom stereocenters. The monoisotopic (exact) mass is 317 g/mol. The predicted molar refractivity (Wildman–Crippen MR) is 84.7 cm³/mol. The normalized spacial score (nSPS) is 32.1. The van der Waals surface area contributed by atoms with E-state index in [9.17, 15) is 9.90 Å². The van der Waals surface area contributed by atoms with Gasteiger partial charge >= 0.3 is 0 Å². The summed E-state index contributed by atoms with van der Waals surface area (Å²) in [6.45, 7) is 0.670. The predicted octanol–water partition coefficient (Wildman–Crippen LogP) is 1.99. The number of hydrogen-bond acceptors (Lipinski definition) is 4. The maximum atomic E-state index is 12.8. The van der Waals surface area contributed by atoms with Gasteiger partial charge in [-0.2, -0.15) is 0 Å². The zero-order valence-corrected chi connectivity index (χ0v) is 13.7. The van der Waals surface area contributed by atoms with E-state index in [0.717, 1.165) is 37.0 Å². The molecule has 4 rings (SSSR count). The molecular formula is C18H23NO4. The third-order valence-electron chi connectivity index (χ3n) is 5.89. The molecule has 2 aliphatic heterocycles. The van der Waals surface area contributed by atoms with Crippen molar-refractivity contribution in [3.05, 3.63) is 23.3 Å². The van der Waals surface area contributed by atoms with Crippen LogP contribution in [0.4, 0.5) is 0 Å². The quantitative estimate of drug-likeness (QED) is 0.906. The van der Waals surface area contributed by atoms with Gasteiger partial charge < -0.3 is 19.5 Å². The Hall–Kier alpha value is -1.75.